The second-order valence-electron chi connectivity index (χ2n) is 10.7. The van der Waals surface area contributed by atoms with E-state index in [1.165, 1.54) is 11.6 Å². The summed E-state index contributed by atoms with van der Waals surface area (Å²) in [6.07, 6.45) is 5.70. The molecule has 0 N–H and O–H groups in total. The first-order valence-corrected chi connectivity index (χ1v) is 13.1. The molecule has 3 aromatic rings. The maximum absolute atomic E-state index is 15.0. The van der Waals surface area contributed by atoms with E-state index in [-0.39, 0.29) is 17.5 Å². The van der Waals surface area contributed by atoms with E-state index in [1.54, 1.807) is 6.07 Å². The van der Waals surface area contributed by atoms with Crippen molar-refractivity contribution in [2.75, 3.05) is 25.1 Å². The van der Waals surface area contributed by atoms with E-state index < -0.39 is 11.6 Å². The van der Waals surface area contributed by atoms with E-state index in [9.17, 15) is 8.78 Å². The Bertz CT molecular complexity index is 1250. The first-order valence-electron chi connectivity index (χ1n) is 13.1. The van der Waals surface area contributed by atoms with Crippen molar-refractivity contribution in [1.82, 2.24) is 19.9 Å². The van der Waals surface area contributed by atoms with Gasteiger partial charge < -0.3 is 14.5 Å². The number of rotatable bonds is 5. The molecule has 4 heterocycles. The van der Waals surface area contributed by atoms with Gasteiger partial charge in [-0.1, -0.05) is 6.07 Å². The van der Waals surface area contributed by atoms with Gasteiger partial charge in [-0.05, 0) is 77.3 Å². The standard InChI is InChI=1S/C29H35F2N5O/c1-17(2)36-8-9-37-29-24(30)12-22(13-26(29)36)28-25(31)16-33-27(34-28)14-23-7-6-20(15-32-23)21-10-18(3)35(5)19(4)11-21/h6-7,12-13,15-19,21H,8-11,14H2,1-5H3. The lowest BCUT2D eigenvalue weighted by atomic mass is 9.83. The number of hydrogen-bond donors (Lipinski definition) is 0. The van der Waals surface area contributed by atoms with Crippen molar-refractivity contribution in [2.24, 2.45) is 0 Å². The predicted molar refractivity (Wildman–Crippen MR) is 141 cm³/mol. The minimum absolute atomic E-state index is 0.0758. The third kappa shape index (κ3) is 5.17. The summed E-state index contributed by atoms with van der Waals surface area (Å²) in [6.45, 7) is 9.67. The normalized spacial score (nSPS) is 22.2. The van der Waals surface area contributed by atoms with Crippen LogP contribution in [0.5, 0.6) is 5.75 Å². The first kappa shape index (κ1) is 25.5. The minimum Gasteiger partial charge on any atom is -0.486 e. The Morgan fingerprint density at radius 2 is 1.78 bits per heavy atom. The molecule has 5 rings (SSSR count). The van der Waals surface area contributed by atoms with E-state index in [4.69, 9.17) is 4.74 Å². The molecule has 2 unspecified atom stereocenters. The lowest BCUT2D eigenvalue weighted by Gasteiger charge is -2.40. The van der Waals surface area contributed by atoms with Gasteiger partial charge in [0.05, 0.1) is 24.8 Å². The van der Waals surface area contributed by atoms with Gasteiger partial charge in [-0.3, -0.25) is 4.98 Å². The number of benzene rings is 1. The van der Waals surface area contributed by atoms with Crippen molar-refractivity contribution in [3.8, 4) is 17.0 Å². The van der Waals surface area contributed by atoms with Crippen LogP contribution in [-0.2, 0) is 6.42 Å². The SMILES string of the molecule is CC(C)N1CCOc2c(F)cc(-c3nc(Cc4ccc(C5CC(C)N(C)C(C)C5)cn4)ncc3F)cc21. The molecule has 0 amide bonds. The molecule has 2 atom stereocenters. The van der Waals surface area contributed by atoms with E-state index in [2.05, 4.69) is 51.7 Å². The van der Waals surface area contributed by atoms with Gasteiger partial charge in [0, 0.05) is 35.6 Å². The van der Waals surface area contributed by atoms with Crippen molar-refractivity contribution in [3.63, 3.8) is 0 Å². The number of halogens is 2. The van der Waals surface area contributed by atoms with Crippen LogP contribution >= 0.6 is 0 Å². The Morgan fingerprint density at radius 3 is 2.46 bits per heavy atom. The van der Waals surface area contributed by atoms with Crippen LogP contribution in [0.15, 0.2) is 36.7 Å². The molecule has 0 spiro atoms. The molecule has 37 heavy (non-hydrogen) atoms. The van der Waals surface area contributed by atoms with Gasteiger partial charge in [-0.2, -0.15) is 0 Å². The van der Waals surface area contributed by atoms with Gasteiger partial charge in [-0.25, -0.2) is 18.7 Å². The molecular formula is C29H35F2N5O. The summed E-state index contributed by atoms with van der Waals surface area (Å²) < 4.78 is 35.4. The highest BCUT2D eigenvalue weighted by Gasteiger charge is 2.29. The zero-order chi connectivity index (χ0) is 26.3. The average Bonchev–Trinajstić information content (AvgIpc) is 2.88. The molecule has 0 radical (unpaired) electrons. The van der Waals surface area contributed by atoms with Crippen LogP contribution in [0.1, 0.15) is 63.5 Å². The number of hydrogen-bond acceptors (Lipinski definition) is 6. The molecule has 0 saturated carbocycles. The van der Waals surface area contributed by atoms with Gasteiger partial charge >= 0.3 is 0 Å². The lowest BCUT2D eigenvalue weighted by molar-refractivity contribution is 0.122. The van der Waals surface area contributed by atoms with Crippen molar-refractivity contribution in [1.29, 1.82) is 0 Å². The highest BCUT2D eigenvalue weighted by molar-refractivity contribution is 5.72. The fourth-order valence-corrected chi connectivity index (χ4v) is 5.57. The molecule has 6 nitrogen and oxygen atoms in total. The van der Waals surface area contributed by atoms with Crippen LogP contribution in [0.2, 0.25) is 0 Å². The maximum Gasteiger partial charge on any atom is 0.178 e. The molecular weight excluding hydrogens is 472 g/mol. The summed E-state index contributed by atoms with van der Waals surface area (Å²) in [7, 11) is 2.19. The second-order valence-corrected chi connectivity index (χ2v) is 10.7. The van der Waals surface area contributed by atoms with Crippen molar-refractivity contribution in [3.05, 3.63) is 65.4 Å². The molecule has 0 aliphatic carbocycles. The van der Waals surface area contributed by atoms with Crippen LogP contribution in [0.25, 0.3) is 11.3 Å². The number of likely N-dealkylation sites (tertiary alicyclic amines) is 1. The topological polar surface area (TPSA) is 54.4 Å². The highest BCUT2D eigenvalue weighted by Crippen LogP contribution is 2.39. The van der Waals surface area contributed by atoms with Gasteiger partial charge in [0.25, 0.3) is 0 Å². The third-order valence-corrected chi connectivity index (χ3v) is 7.90. The Labute approximate surface area is 217 Å². The van der Waals surface area contributed by atoms with Gasteiger partial charge in [-0.15, -0.1) is 0 Å². The Hall–Kier alpha value is -3.13. The van der Waals surface area contributed by atoms with Gasteiger partial charge in [0.2, 0.25) is 0 Å². The number of fused-ring (bicyclic) bond motifs is 1. The van der Waals surface area contributed by atoms with Crippen molar-refractivity contribution < 1.29 is 13.5 Å². The monoisotopic (exact) mass is 507 g/mol. The molecule has 2 aromatic heterocycles. The summed E-state index contributed by atoms with van der Waals surface area (Å²) in [4.78, 5) is 17.8. The summed E-state index contributed by atoms with van der Waals surface area (Å²) >= 11 is 0. The van der Waals surface area contributed by atoms with Crippen molar-refractivity contribution in [2.45, 2.75) is 71.0 Å². The molecule has 1 aromatic carbocycles. The quantitative estimate of drug-likeness (QED) is 0.448. The number of pyridine rings is 1. The summed E-state index contributed by atoms with van der Waals surface area (Å²) in [5.74, 6) is 0.0195. The van der Waals surface area contributed by atoms with Crippen LogP contribution in [0.4, 0.5) is 14.5 Å². The molecule has 2 aliphatic rings. The highest BCUT2D eigenvalue weighted by atomic mass is 19.1. The second kappa shape index (κ2) is 10.3. The maximum atomic E-state index is 15.0. The Balaban J connectivity index is 1.38. The van der Waals surface area contributed by atoms with E-state index in [0.29, 0.717) is 54.6 Å². The summed E-state index contributed by atoms with van der Waals surface area (Å²) in [5.41, 5.74) is 3.11. The Kier molecular flexibility index (Phi) is 7.12. The fourth-order valence-electron chi connectivity index (χ4n) is 5.57. The third-order valence-electron chi connectivity index (χ3n) is 7.90. The first-order chi connectivity index (χ1) is 17.7. The summed E-state index contributed by atoms with van der Waals surface area (Å²) in [5, 5.41) is 0. The van der Waals surface area contributed by atoms with Gasteiger partial charge in [0.1, 0.15) is 18.1 Å². The van der Waals surface area contributed by atoms with Crippen LogP contribution in [-0.4, -0.2) is 58.2 Å². The van der Waals surface area contributed by atoms with E-state index in [0.717, 1.165) is 24.7 Å². The number of ether oxygens (including phenoxy) is 1. The van der Waals surface area contributed by atoms with Crippen molar-refractivity contribution >= 4 is 5.69 Å². The average molecular weight is 508 g/mol. The largest absolute Gasteiger partial charge is 0.486 e. The molecule has 196 valence electrons. The number of piperidine rings is 1. The van der Waals surface area contributed by atoms with E-state index in [1.807, 2.05) is 26.1 Å². The van der Waals surface area contributed by atoms with Crippen LogP contribution < -0.4 is 9.64 Å². The molecule has 0 bridgehead atoms. The number of anilines is 1. The fraction of sp³-hybridized carbons (Fsp3) is 0.483. The summed E-state index contributed by atoms with van der Waals surface area (Å²) in [6, 6.07) is 8.41. The minimum atomic E-state index is -0.593. The predicted octanol–water partition coefficient (Wildman–Crippen LogP) is 5.60. The Morgan fingerprint density at radius 1 is 1.03 bits per heavy atom. The smallest absolute Gasteiger partial charge is 0.178 e. The zero-order valence-corrected chi connectivity index (χ0v) is 22.2. The van der Waals surface area contributed by atoms with Gasteiger partial charge in [0.15, 0.2) is 17.4 Å². The number of nitrogens with zero attached hydrogens (tertiary/aromatic N) is 5. The van der Waals surface area contributed by atoms with Crippen LogP contribution in [0.3, 0.4) is 0 Å². The van der Waals surface area contributed by atoms with E-state index >= 15 is 0 Å². The molecule has 1 saturated heterocycles. The number of aromatic nitrogens is 3. The van der Waals surface area contributed by atoms with Crippen LogP contribution in [0, 0.1) is 11.6 Å². The zero-order valence-electron chi connectivity index (χ0n) is 22.2. The molecule has 8 heteroatoms. The molecule has 1 fully saturated rings. The lowest BCUT2D eigenvalue weighted by Crippen LogP contribution is -2.43. The molecule has 2 aliphatic heterocycles.